The average molecular weight is 172 g/mol. The Bertz CT molecular complexity index is 177. The average Bonchev–Trinajstić information content (AvgIpc) is 2.29. The van der Waals surface area contributed by atoms with Gasteiger partial charge in [0.1, 0.15) is 0 Å². The maximum atomic E-state index is 10.9. The second-order valence-corrected chi connectivity index (χ2v) is 3.84. The first kappa shape index (κ1) is 8.40. The zero-order valence-corrected chi connectivity index (χ0v) is 7.01. The van der Waals surface area contributed by atoms with Crippen molar-refractivity contribution >= 4 is 0 Å². The highest BCUT2D eigenvalue weighted by atomic mass is 16.9. The van der Waals surface area contributed by atoms with Gasteiger partial charge in [-0.1, -0.05) is 19.3 Å². The number of rotatable bonds is 0. The van der Waals surface area contributed by atoms with E-state index in [4.69, 9.17) is 0 Å². The summed E-state index contributed by atoms with van der Waals surface area (Å²) in [6.45, 7) is 0.514. The van der Waals surface area contributed by atoms with Crippen LogP contribution in [0.15, 0.2) is 0 Å². The van der Waals surface area contributed by atoms with Crippen molar-refractivity contribution in [2.24, 2.45) is 0 Å². The molecule has 1 saturated carbocycles. The van der Waals surface area contributed by atoms with Crippen LogP contribution in [-0.2, 0) is 0 Å². The van der Waals surface area contributed by atoms with Crippen LogP contribution < -0.4 is 10.9 Å². The molecule has 1 aliphatic heterocycles. The zero-order valence-electron chi connectivity index (χ0n) is 7.01. The fourth-order valence-corrected chi connectivity index (χ4v) is 2.16. The Labute approximate surface area is 71.4 Å². The molecule has 1 spiro atoms. The maximum Gasteiger partial charge on any atom is 0.0868 e. The van der Waals surface area contributed by atoms with Gasteiger partial charge in [0.25, 0.3) is 0 Å². The minimum Gasteiger partial charge on any atom is -0.590 e. The number of hydrogen-bond donors (Lipinski definition) is 2. The van der Waals surface area contributed by atoms with Crippen LogP contribution in [0.25, 0.3) is 0 Å². The third kappa shape index (κ3) is 1.46. The largest absolute Gasteiger partial charge is 0.590 e. The molecule has 0 aromatic heterocycles. The summed E-state index contributed by atoms with van der Waals surface area (Å²) in [5.41, 5.74) is 4.73. The van der Waals surface area contributed by atoms with Crippen molar-refractivity contribution in [2.75, 3.05) is 6.54 Å². The molecule has 1 heterocycles. The highest BCUT2D eigenvalue weighted by molar-refractivity contribution is 4.92. The summed E-state index contributed by atoms with van der Waals surface area (Å²) in [7, 11) is 0. The lowest BCUT2D eigenvalue weighted by Crippen LogP contribution is -2.55. The van der Waals surface area contributed by atoms with E-state index >= 15 is 0 Å². The molecular weight excluding hydrogens is 158 g/mol. The summed E-state index contributed by atoms with van der Waals surface area (Å²) in [5.74, 6) is 0. The van der Waals surface area contributed by atoms with Gasteiger partial charge in [0.2, 0.25) is 0 Å². The van der Waals surface area contributed by atoms with Gasteiger partial charge in [0, 0.05) is 0 Å². The molecular formula is C7H14N3O2-. The van der Waals surface area contributed by atoms with E-state index in [0.717, 1.165) is 25.7 Å². The molecule has 0 aromatic carbocycles. The standard InChI is InChI=1S/C7H14N3O2/c11-10(12)8-6-7(9-10)4-2-1-3-5-7/h8-9H,1-6H2/q-1. The first-order chi connectivity index (χ1) is 5.62. The molecule has 2 fully saturated rings. The minimum atomic E-state index is -1.72. The Balaban J connectivity index is 2.03. The summed E-state index contributed by atoms with van der Waals surface area (Å²) < 4.78 is 0. The van der Waals surface area contributed by atoms with E-state index in [-0.39, 0.29) is 5.54 Å². The SMILES string of the molecule is [O-][N+]1([O-])NCC2(CCCCC2)N1. The number of nitrogens with zero attached hydrogens (tertiary/aromatic N) is 1. The molecule has 2 N–H and O–H groups in total. The van der Waals surface area contributed by atoms with E-state index < -0.39 is 5.03 Å². The number of quaternary nitrogens is 1. The van der Waals surface area contributed by atoms with Crippen LogP contribution in [0, 0.1) is 10.4 Å². The molecule has 1 aliphatic carbocycles. The van der Waals surface area contributed by atoms with E-state index in [0.29, 0.717) is 6.54 Å². The molecule has 0 radical (unpaired) electrons. The molecule has 0 unspecified atom stereocenters. The second-order valence-electron chi connectivity index (χ2n) is 3.84. The van der Waals surface area contributed by atoms with Crippen molar-refractivity contribution in [2.45, 2.75) is 37.6 Å². The number of hydrogen-bond acceptors (Lipinski definition) is 4. The van der Waals surface area contributed by atoms with E-state index in [1.807, 2.05) is 0 Å². The van der Waals surface area contributed by atoms with Crippen molar-refractivity contribution < 1.29 is 5.03 Å². The Hall–Kier alpha value is -0.200. The van der Waals surface area contributed by atoms with E-state index in [2.05, 4.69) is 10.9 Å². The van der Waals surface area contributed by atoms with Crippen LogP contribution >= 0.6 is 0 Å². The van der Waals surface area contributed by atoms with Crippen molar-refractivity contribution in [1.82, 2.24) is 10.9 Å². The normalized spacial score (nSPS) is 32.5. The molecule has 5 nitrogen and oxygen atoms in total. The molecule has 0 bridgehead atoms. The lowest BCUT2D eigenvalue weighted by molar-refractivity contribution is -0.909. The van der Waals surface area contributed by atoms with Gasteiger partial charge in [-0.2, -0.15) is 0 Å². The topological polar surface area (TPSA) is 70.2 Å². The Morgan fingerprint density at radius 3 is 2.25 bits per heavy atom. The minimum absolute atomic E-state index is 0.207. The van der Waals surface area contributed by atoms with Gasteiger partial charge in [-0.15, -0.1) is 10.9 Å². The van der Waals surface area contributed by atoms with Gasteiger partial charge in [0.15, 0.2) is 0 Å². The quantitative estimate of drug-likeness (QED) is 0.413. The van der Waals surface area contributed by atoms with Crippen LogP contribution in [0.2, 0.25) is 0 Å². The van der Waals surface area contributed by atoms with Crippen LogP contribution in [0.4, 0.5) is 0 Å². The molecule has 12 heavy (non-hydrogen) atoms. The molecule has 2 rings (SSSR count). The lowest BCUT2D eigenvalue weighted by Gasteiger charge is -2.42. The maximum absolute atomic E-state index is 10.9. The van der Waals surface area contributed by atoms with Crippen LogP contribution in [0.3, 0.4) is 0 Å². The fraction of sp³-hybridized carbons (Fsp3) is 1.00. The lowest BCUT2D eigenvalue weighted by atomic mass is 9.83. The summed E-state index contributed by atoms with van der Waals surface area (Å²) in [5, 5.41) is 20.1. The smallest absolute Gasteiger partial charge is 0.0868 e. The third-order valence-corrected chi connectivity index (χ3v) is 2.82. The third-order valence-electron chi connectivity index (χ3n) is 2.82. The van der Waals surface area contributed by atoms with Crippen molar-refractivity contribution in [3.8, 4) is 0 Å². The van der Waals surface area contributed by atoms with Crippen molar-refractivity contribution in [1.29, 1.82) is 0 Å². The van der Waals surface area contributed by atoms with Crippen molar-refractivity contribution in [3.63, 3.8) is 0 Å². The Morgan fingerprint density at radius 2 is 1.75 bits per heavy atom. The summed E-state index contributed by atoms with van der Waals surface area (Å²) >= 11 is 0. The summed E-state index contributed by atoms with van der Waals surface area (Å²) in [4.78, 5) is 0. The highest BCUT2D eigenvalue weighted by Gasteiger charge is 2.41. The van der Waals surface area contributed by atoms with E-state index in [9.17, 15) is 10.4 Å². The molecule has 2 aliphatic rings. The predicted octanol–water partition coefficient (Wildman–Crippen LogP) is 0.524. The molecule has 1 saturated heterocycles. The molecule has 0 amide bonds. The second kappa shape index (κ2) is 2.65. The summed E-state index contributed by atoms with van der Waals surface area (Å²) in [6.07, 6.45) is 5.36. The predicted molar refractivity (Wildman–Crippen MR) is 43.9 cm³/mol. The monoisotopic (exact) mass is 172 g/mol. The van der Waals surface area contributed by atoms with Gasteiger partial charge in [0.05, 0.1) is 12.1 Å². The van der Waals surface area contributed by atoms with Gasteiger partial charge in [-0.05, 0) is 12.8 Å². The Kier molecular flexibility index (Phi) is 1.85. The Morgan fingerprint density at radius 1 is 1.08 bits per heavy atom. The van der Waals surface area contributed by atoms with Crippen molar-refractivity contribution in [3.05, 3.63) is 10.4 Å². The summed E-state index contributed by atoms with van der Waals surface area (Å²) in [6, 6.07) is 0. The van der Waals surface area contributed by atoms with E-state index in [1.165, 1.54) is 6.42 Å². The van der Waals surface area contributed by atoms with Crippen LogP contribution in [0.5, 0.6) is 0 Å². The molecule has 70 valence electrons. The molecule has 5 heteroatoms. The molecule has 0 atom stereocenters. The first-order valence-electron chi connectivity index (χ1n) is 4.48. The zero-order chi connectivity index (χ0) is 8.66. The van der Waals surface area contributed by atoms with E-state index in [1.54, 1.807) is 0 Å². The van der Waals surface area contributed by atoms with Crippen LogP contribution in [0.1, 0.15) is 32.1 Å². The highest BCUT2D eigenvalue weighted by Crippen LogP contribution is 2.31. The fourth-order valence-electron chi connectivity index (χ4n) is 2.16. The molecule has 0 aromatic rings. The first-order valence-corrected chi connectivity index (χ1v) is 4.48. The number of nitrogens with one attached hydrogen (secondary N) is 2. The van der Waals surface area contributed by atoms with Gasteiger partial charge < -0.3 is 10.4 Å². The van der Waals surface area contributed by atoms with Crippen LogP contribution in [-0.4, -0.2) is 17.1 Å². The van der Waals surface area contributed by atoms with Gasteiger partial charge >= 0.3 is 0 Å². The van der Waals surface area contributed by atoms with Gasteiger partial charge in [-0.25, -0.2) is 5.03 Å². The van der Waals surface area contributed by atoms with Gasteiger partial charge in [-0.3, -0.25) is 0 Å².